The third-order valence-electron chi connectivity index (χ3n) is 0.407. The lowest BCUT2D eigenvalue weighted by Gasteiger charge is -1.97. The Morgan fingerprint density at radius 1 is 1.29 bits per heavy atom. The topological polar surface area (TPSA) is 18.5 Å². The molecule has 2 nitrogen and oxygen atoms in total. The molecule has 0 aromatic heterocycles. The van der Waals surface area contributed by atoms with Crippen LogP contribution < -0.4 is 0 Å². The zero-order chi connectivity index (χ0) is 9.12. The van der Waals surface area contributed by atoms with Crippen molar-refractivity contribution < 1.29 is 15.0 Å². The smallest absolute Gasteiger partial charge is 0.146 e. The van der Waals surface area contributed by atoms with Gasteiger partial charge in [0.15, 0.2) is 0 Å². The third-order valence-corrected chi connectivity index (χ3v) is 0.407. The van der Waals surface area contributed by atoms with Gasteiger partial charge < -0.3 is 9.47 Å². The average molecular weight is 108 g/mol. The van der Waals surface area contributed by atoms with Crippen LogP contribution in [0.1, 0.15) is 19.3 Å². The summed E-state index contributed by atoms with van der Waals surface area (Å²) >= 11 is 0. The van der Waals surface area contributed by atoms with Gasteiger partial charge in [-0.3, -0.25) is 0 Å². The van der Waals surface area contributed by atoms with E-state index in [2.05, 4.69) is 9.47 Å². The fraction of sp³-hybridized carbons (Fsp3) is 1.00. The van der Waals surface area contributed by atoms with E-state index in [1.54, 1.807) is 0 Å². The molecular weight excluding hydrogens is 92.1 g/mol. The van der Waals surface area contributed by atoms with Crippen LogP contribution in [0.4, 0.5) is 0 Å². The van der Waals surface area contributed by atoms with Crippen LogP contribution in [0, 0.1) is 0 Å². The van der Waals surface area contributed by atoms with Crippen molar-refractivity contribution >= 4 is 0 Å². The quantitative estimate of drug-likeness (QED) is 0.500. The molecule has 7 heavy (non-hydrogen) atoms. The molecule has 0 aliphatic heterocycles. The van der Waals surface area contributed by atoms with Gasteiger partial charge in [-0.2, -0.15) is 0 Å². The lowest BCUT2D eigenvalue weighted by molar-refractivity contribution is -0.0445. The van der Waals surface area contributed by atoms with Crippen molar-refractivity contribution in [2.45, 2.75) is 13.8 Å². The van der Waals surface area contributed by atoms with Gasteiger partial charge in [0.05, 0.1) is 5.48 Å². The van der Waals surface area contributed by atoms with Crippen molar-refractivity contribution in [3.63, 3.8) is 0 Å². The lowest BCUT2D eigenvalue weighted by atomic mass is 10.9. The Balaban J connectivity index is 3.44. The van der Waals surface area contributed by atoms with Gasteiger partial charge in [-0.25, -0.2) is 0 Å². The number of rotatable bonds is 4. The second kappa shape index (κ2) is 5.92. The summed E-state index contributed by atoms with van der Waals surface area (Å²) in [6.07, 6.45) is 0. The summed E-state index contributed by atoms with van der Waals surface area (Å²) in [6.45, 7) is -1.48. The molecule has 0 saturated heterocycles. The fourth-order valence-corrected chi connectivity index (χ4v) is 0.147. The summed E-state index contributed by atoms with van der Waals surface area (Å²) in [5.41, 5.74) is 0. The molecule has 0 fully saturated rings. The maximum Gasteiger partial charge on any atom is 0.146 e. The van der Waals surface area contributed by atoms with E-state index >= 15 is 0 Å². The van der Waals surface area contributed by atoms with E-state index in [1.165, 1.54) is 13.8 Å². The highest BCUT2D eigenvalue weighted by Crippen LogP contribution is 1.74. The summed E-state index contributed by atoms with van der Waals surface area (Å²) in [5, 5.41) is 0. The fourth-order valence-electron chi connectivity index (χ4n) is 0.147. The second-order valence-electron chi connectivity index (χ2n) is 0.815. The Labute approximate surface area is 50.0 Å². The zero-order valence-electron chi connectivity index (χ0n) is 8.52. The van der Waals surface area contributed by atoms with Crippen molar-refractivity contribution in [3.05, 3.63) is 0 Å². The Morgan fingerprint density at radius 2 is 1.71 bits per heavy atom. The first-order valence-electron chi connectivity index (χ1n) is 3.99. The number of hydrogen-bond acceptors (Lipinski definition) is 2. The Bertz CT molecular complexity index is 101. The van der Waals surface area contributed by atoms with E-state index in [9.17, 15) is 0 Å². The minimum absolute atomic E-state index is 0.382. The summed E-state index contributed by atoms with van der Waals surface area (Å²) in [6, 6.07) is 0. The van der Waals surface area contributed by atoms with Gasteiger partial charge >= 0.3 is 0 Å². The van der Waals surface area contributed by atoms with Crippen molar-refractivity contribution in [3.8, 4) is 0 Å². The van der Waals surface area contributed by atoms with Crippen molar-refractivity contribution in [1.29, 1.82) is 0 Å². The summed E-state index contributed by atoms with van der Waals surface area (Å²) in [5.74, 6) is 0. The van der Waals surface area contributed by atoms with Gasteiger partial charge in [-0.1, -0.05) is 0 Å². The Hall–Kier alpha value is -0.0800. The van der Waals surface area contributed by atoms with Crippen LogP contribution in [0.25, 0.3) is 0 Å². The molecule has 0 radical (unpaired) electrons. The second-order valence-corrected chi connectivity index (χ2v) is 0.815. The lowest BCUT2D eigenvalue weighted by Crippen LogP contribution is -1.97. The van der Waals surface area contributed by atoms with Crippen molar-refractivity contribution in [2.24, 2.45) is 0 Å². The standard InChI is InChI=1S/C5H12O2/c1-3-6-5-7-4-2/h3-5H2,1-2H3/i3D2,4D2. The normalized spacial score (nSPS) is 22.0. The third kappa shape index (κ3) is 5.92. The molecule has 0 aromatic rings. The molecule has 0 saturated carbocycles. The number of ether oxygens (including phenoxy) is 2. The maximum absolute atomic E-state index is 6.88. The highest BCUT2D eigenvalue weighted by atomic mass is 16.7. The van der Waals surface area contributed by atoms with Crippen LogP contribution in [-0.2, 0) is 9.47 Å². The van der Waals surface area contributed by atoms with E-state index < -0.39 is 13.1 Å². The molecule has 0 aliphatic carbocycles. The van der Waals surface area contributed by atoms with E-state index in [0.29, 0.717) is 0 Å². The molecule has 0 aliphatic rings. The Kier molecular flexibility index (Phi) is 2.08. The molecule has 0 heterocycles. The van der Waals surface area contributed by atoms with Gasteiger partial charge in [0.25, 0.3) is 0 Å². The van der Waals surface area contributed by atoms with Gasteiger partial charge in [0, 0.05) is 13.1 Å². The molecule has 0 aromatic carbocycles. The van der Waals surface area contributed by atoms with Crippen molar-refractivity contribution in [2.75, 3.05) is 19.9 Å². The first-order chi connectivity index (χ1) is 4.71. The minimum atomic E-state index is -1.77. The zero-order valence-corrected chi connectivity index (χ0v) is 4.52. The van der Waals surface area contributed by atoms with Gasteiger partial charge in [0.1, 0.15) is 6.79 Å². The summed E-state index contributed by atoms with van der Waals surface area (Å²) in [4.78, 5) is 0. The highest BCUT2D eigenvalue weighted by molar-refractivity contribution is 4.08. The molecule has 0 bridgehead atoms. The first-order valence-corrected chi connectivity index (χ1v) is 1.99. The van der Waals surface area contributed by atoms with Gasteiger partial charge in [-0.15, -0.1) is 0 Å². The van der Waals surface area contributed by atoms with Crippen LogP contribution in [0.2, 0.25) is 0 Å². The van der Waals surface area contributed by atoms with E-state index in [0.717, 1.165) is 0 Å². The van der Waals surface area contributed by atoms with E-state index in [4.69, 9.17) is 5.48 Å². The van der Waals surface area contributed by atoms with Crippen LogP contribution in [-0.4, -0.2) is 19.9 Å². The van der Waals surface area contributed by atoms with Crippen LogP contribution in [0.5, 0.6) is 0 Å². The summed E-state index contributed by atoms with van der Waals surface area (Å²) < 4.78 is 36.5. The minimum Gasteiger partial charge on any atom is -0.356 e. The van der Waals surface area contributed by atoms with Gasteiger partial charge in [-0.05, 0) is 13.8 Å². The van der Waals surface area contributed by atoms with Crippen LogP contribution in [0.3, 0.4) is 0 Å². The van der Waals surface area contributed by atoms with Crippen LogP contribution >= 0.6 is 0 Å². The SMILES string of the molecule is [2H]C([2H])(C)OCOC([2H])([2H])C. The largest absolute Gasteiger partial charge is 0.356 e. The monoisotopic (exact) mass is 108 g/mol. The predicted octanol–water partition coefficient (Wildman–Crippen LogP) is 1.02. The van der Waals surface area contributed by atoms with Crippen LogP contribution in [0.15, 0.2) is 0 Å². The van der Waals surface area contributed by atoms with E-state index in [-0.39, 0.29) is 6.79 Å². The molecule has 0 amide bonds. The van der Waals surface area contributed by atoms with Crippen molar-refractivity contribution in [1.82, 2.24) is 0 Å². The first kappa shape index (κ1) is 2.46. The Morgan fingerprint density at radius 3 is 2.00 bits per heavy atom. The molecule has 2 heteroatoms. The highest BCUT2D eigenvalue weighted by Gasteiger charge is 1.76. The molecule has 0 atom stereocenters. The molecule has 44 valence electrons. The van der Waals surface area contributed by atoms with Gasteiger partial charge in [0.2, 0.25) is 0 Å². The molecule has 0 N–H and O–H groups in total. The molecule has 0 spiro atoms. The molecule has 0 rings (SSSR count). The molecular formula is C5H12O2. The molecule has 0 unspecified atom stereocenters. The van der Waals surface area contributed by atoms with E-state index in [1.807, 2.05) is 0 Å². The number of hydrogen-bond donors (Lipinski definition) is 0. The summed E-state index contributed by atoms with van der Waals surface area (Å²) in [7, 11) is 0. The maximum atomic E-state index is 6.88. The average Bonchev–Trinajstić information content (AvgIpc) is 1.55. The predicted molar refractivity (Wildman–Crippen MR) is 28.1 cm³/mol.